The summed E-state index contributed by atoms with van der Waals surface area (Å²) in [5, 5.41) is 5.79. The lowest BCUT2D eigenvalue weighted by atomic mass is 10.1. The summed E-state index contributed by atoms with van der Waals surface area (Å²) in [6.07, 6.45) is 0. The molecule has 132 valence electrons. The molecule has 2 aromatic rings. The number of benzene rings is 2. The van der Waals surface area contributed by atoms with Crippen molar-refractivity contribution < 1.29 is 9.59 Å². The van der Waals surface area contributed by atoms with E-state index in [0.29, 0.717) is 17.7 Å². The maximum atomic E-state index is 12.5. The zero-order valence-corrected chi connectivity index (χ0v) is 15.2. The summed E-state index contributed by atoms with van der Waals surface area (Å²) in [7, 11) is 3.90. The molecule has 0 unspecified atom stereocenters. The van der Waals surface area contributed by atoms with Crippen LogP contribution in [0, 0.1) is 13.8 Å². The maximum absolute atomic E-state index is 12.5. The highest BCUT2D eigenvalue weighted by Crippen LogP contribution is 2.20. The molecule has 5 heteroatoms. The lowest BCUT2D eigenvalue weighted by molar-refractivity contribution is 0.0951. The minimum atomic E-state index is -0.222. The van der Waals surface area contributed by atoms with E-state index in [1.54, 1.807) is 24.3 Å². The number of carbonyl (C=O) groups excluding carboxylic acids is 2. The molecule has 0 aliphatic carbocycles. The largest absolute Gasteiger partial charge is 0.351 e. The van der Waals surface area contributed by atoms with Crippen LogP contribution in [-0.2, 0) is 0 Å². The number of nitrogens with one attached hydrogen (secondary N) is 2. The van der Waals surface area contributed by atoms with Crippen LogP contribution < -0.4 is 10.6 Å². The van der Waals surface area contributed by atoms with E-state index in [9.17, 15) is 9.59 Å². The molecule has 0 fully saturated rings. The Morgan fingerprint density at radius 3 is 2.08 bits per heavy atom. The first-order valence-electron chi connectivity index (χ1n) is 8.29. The van der Waals surface area contributed by atoms with Gasteiger partial charge in [0.05, 0.1) is 0 Å². The number of anilines is 1. The number of amides is 2. The zero-order valence-electron chi connectivity index (χ0n) is 15.2. The quantitative estimate of drug-likeness (QED) is 0.851. The average Bonchev–Trinajstić information content (AvgIpc) is 2.58. The van der Waals surface area contributed by atoms with Crippen molar-refractivity contribution in [1.82, 2.24) is 10.2 Å². The van der Waals surface area contributed by atoms with Gasteiger partial charge in [-0.05, 0) is 57.3 Å². The molecule has 0 saturated carbocycles. The molecular formula is C20H25N3O2. The fourth-order valence-corrected chi connectivity index (χ4v) is 2.49. The third-order valence-corrected chi connectivity index (χ3v) is 3.95. The molecule has 0 aromatic heterocycles. The van der Waals surface area contributed by atoms with Gasteiger partial charge in [0.1, 0.15) is 0 Å². The summed E-state index contributed by atoms with van der Waals surface area (Å²) in [5.41, 5.74) is 3.76. The molecule has 0 radical (unpaired) electrons. The molecule has 25 heavy (non-hydrogen) atoms. The summed E-state index contributed by atoms with van der Waals surface area (Å²) in [6, 6.07) is 12.6. The van der Waals surface area contributed by atoms with Crippen molar-refractivity contribution >= 4 is 17.5 Å². The lowest BCUT2D eigenvalue weighted by Gasteiger charge is -2.12. The van der Waals surface area contributed by atoms with E-state index in [1.807, 2.05) is 51.0 Å². The van der Waals surface area contributed by atoms with E-state index in [4.69, 9.17) is 0 Å². The Labute approximate surface area is 149 Å². The smallest absolute Gasteiger partial charge is 0.255 e. The monoisotopic (exact) mass is 339 g/mol. The predicted octanol–water partition coefficient (Wildman–Crippen LogP) is 2.85. The Morgan fingerprint density at radius 2 is 1.48 bits per heavy atom. The fraction of sp³-hybridized carbons (Fsp3) is 0.300. The second-order valence-electron chi connectivity index (χ2n) is 6.36. The highest BCUT2D eigenvalue weighted by atomic mass is 16.2. The Morgan fingerprint density at radius 1 is 0.920 bits per heavy atom. The Bertz CT molecular complexity index is 749. The van der Waals surface area contributed by atoms with E-state index >= 15 is 0 Å². The van der Waals surface area contributed by atoms with E-state index < -0.39 is 0 Å². The van der Waals surface area contributed by atoms with Gasteiger partial charge in [-0.1, -0.05) is 24.3 Å². The first-order chi connectivity index (χ1) is 11.9. The van der Waals surface area contributed by atoms with Gasteiger partial charge >= 0.3 is 0 Å². The van der Waals surface area contributed by atoms with Crippen LogP contribution in [-0.4, -0.2) is 43.9 Å². The third kappa shape index (κ3) is 5.16. The van der Waals surface area contributed by atoms with Crippen molar-refractivity contribution in [3.05, 3.63) is 64.7 Å². The van der Waals surface area contributed by atoms with Crippen LogP contribution in [0.25, 0.3) is 0 Å². The highest BCUT2D eigenvalue weighted by molar-refractivity contribution is 6.06. The van der Waals surface area contributed by atoms with Crippen LogP contribution in [0.1, 0.15) is 31.8 Å². The van der Waals surface area contributed by atoms with Gasteiger partial charge in [0.15, 0.2) is 0 Å². The second-order valence-corrected chi connectivity index (χ2v) is 6.36. The zero-order chi connectivity index (χ0) is 18.4. The SMILES string of the molecule is Cc1cccc(C)c1NC(=O)c1cccc(C(=O)NCCN(C)C)c1. The first kappa shape index (κ1) is 18.7. The van der Waals surface area contributed by atoms with E-state index in [-0.39, 0.29) is 11.8 Å². The summed E-state index contributed by atoms with van der Waals surface area (Å²) < 4.78 is 0. The summed E-state index contributed by atoms with van der Waals surface area (Å²) in [5.74, 6) is -0.399. The average molecular weight is 339 g/mol. The minimum Gasteiger partial charge on any atom is -0.351 e. The molecular weight excluding hydrogens is 314 g/mol. The number of carbonyl (C=O) groups is 2. The normalized spacial score (nSPS) is 10.6. The molecule has 0 heterocycles. The molecule has 0 aliphatic heterocycles. The minimum absolute atomic E-state index is 0.177. The molecule has 0 bridgehead atoms. The Balaban J connectivity index is 2.10. The molecule has 2 N–H and O–H groups in total. The standard InChI is InChI=1S/C20H25N3O2/c1-14-7-5-8-15(2)18(14)22-20(25)17-10-6-9-16(13-17)19(24)21-11-12-23(3)4/h5-10,13H,11-12H2,1-4H3,(H,21,24)(H,22,25). The molecule has 0 spiro atoms. The van der Waals surface area contributed by atoms with Crippen molar-refractivity contribution in [1.29, 1.82) is 0 Å². The molecule has 2 amide bonds. The van der Waals surface area contributed by atoms with Crippen LogP contribution in [0.15, 0.2) is 42.5 Å². The van der Waals surface area contributed by atoms with Crippen LogP contribution in [0.4, 0.5) is 5.69 Å². The van der Waals surface area contributed by atoms with Gasteiger partial charge in [-0.25, -0.2) is 0 Å². The van der Waals surface area contributed by atoms with Crippen molar-refractivity contribution in [2.75, 3.05) is 32.5 Å². The number of nitrogens with zero attached hydrogens (tertiary/aromatic N) is 1. The molecule has 0 saturated heterocycles. The van der Waals surface area contributed by atoms with Gasteiger partial charge in [0, 0.05) is 29.9 Å². The van der Waals surface area contributed by atoms with Crippen molar-refractivity contribution in [2.24, 2.45) is 0 Å². The number of hydrogen-bond donors (Lipinski definition) is 2. The summed E-state index contributed by atoms with van der Waals surface area (Å²) >= 11 is 0. The lowest BCUT2D eigenvalue weighted by Crippen LogP contribution is -2.31. The Kier molecular flexibility index (Phi) is 6.31. The van der Waals surface area contributed by atoms with Gasteiger partial charge in [-0.15, -0.1) is 0 Å². The number of para-hydroxylation sites is 1. The molecule has 2 rings (SSSR count). The van der Waals surface area contributed by atoms with Gasteiger partial charge in [-0.3, -0.25) is 9.59 Å². The van der Waals surface area contributed by atoms with Crippen LogP contribution in [0.2, 0.25) is 0 Å². The number of rotatable bonds is 6. The molecule has 0 aliphatic rings. The van der Waals surface area contributed by atoms with Crippen LogP contribution >= 0.6 is 0 Å². The predicted molar refractivity (Wildman–Crippen MR) is 101 cm³/mol. The fourth-order valence-electron chi connectivity index (χ4n) is 2.49. The van der Waals surface area contributed by atoms with Crippen molar-refractivity contribution in [2.45, 2.75) is 13.8 Å². The number of likely N-dealkylation sites (N-methyl/N-ethyl adjacent to an activating group) is 1. The van der Waals surface area contributed by atoms with Crippen LogP contribution in [0.5, 0.6) is 0 Å². The summed E-state index contributed by atoms with van der Waals surface area (Å²) in [6.45, 7) is 5.23. The van der Waals surface area contributed by atoms with Crippen LogP contribution in [0.3, 0.4) is 0 Å². The van der Waals surface area contributed by atoms with Gasteiger partial charge in [0.25, 0.3) is 11.8 Å². The first-order valence-corrected chi connectivity index (χ1v) is 8.29. The van der Waals surface area contributed by atoms with Gasteiger partial charge in [-0.2, -0.15) is 0 Å². The van der Waals surface area contributed by atoms with E-state index in [2.05, 4.69) is 10.6 Å². The molecule has 5 nitrogen and oxygen atoms in total. The van der Waals surface area contributed by atoms with Crippen molar-refractivity contribution in [3.63, 3.8) is 0 Å². The highest BCUT2D eigenvalue weighted by Gasteiger charge is 2.12. The van der Waals surface area contributed by atoms with Gasteiger partial charge < -0.3 is 15.5 Å². The molecule has 0 atom stereocenters. The third-order valence-electron chi connectivity index (χ3n) is 3.95. The van der Waals surface area contributed by atoms with Gasteiger partial charge in [0.2, 0.25) is 0 Å². The Hall–Kier alpha value is -2.66. The molecule has 2 aromatic carbocycles. The van der Waals surface area contributed by atoms with Crippen molar-refractivity contribution in [3.8, 4) is 0 Å². The number of hydrogen-bond acceptors (Lipinski definition) is 3. The second kappa shape index (κ2) is 8.44. The maximum Gasteiger partial charge on any atom is 0.255 e. The summed E-state index contributed by atoms with van der Waals surface area (Å²) in [4.78, 5) is 26.7. The number of aryl methyl sites for hydroxylation is 2. The van der Waals surface area contributed by atoms with E-state index in [1.165, 1.54) is 0 Å². The topological polar surface area (TPSA) is 61.4 Å². The van der Waals surface area contributed by atoms with E-state index in [0.717, 1.165) is 23.4 Å².